The second-order valence-corrected chi connectivity index (χ2v) is 5.09. The highest BCUT2D eigenvalue weighted by Crippen LogP contribution is 2.32. The van der Waals surface area contributed by atoms with E-state index in [-0.39, 0.29) is 6.04 Å². The summed E-state index contributed by atoms with van der Waals surface area (Å²) in [5.74, 6) is 0. The van der Waals surface area contributed by atoms with E-state index >= 15 is 0 Å². The normalized spacial score (nSPS) is 20.5. The predicted octanol–water partition coefficient (Wildman–Crippen LogP) is 3.39. The van der Waals surface area contributed by atoms with Crippen LogP contribution in [-0.4, -0.2) is 17.7 Å². The number of para-hydroxylation sites is 1. The molecule has 1 aliphatic heterocycles. The summed E-state index contributed by atoms with van der Waals surface area (Å²) in [6, 6.07) is 20.5. The Morgan fingerprint density at radius 1 is 0.947 bits per heavy atom. The van der Waals surface area contributed by atoms with Gasteiger partial charge in [-0.3, -0.25) is 0 Å². The summed E-state index contributed by atoms with van der Waals surface area (Å²) in [5.41, 5.74) is 2.22. The molecule has 0 aromatic heterocycles. The third kappa shape index (κ3) is 2.49. The zero-order valence-corrected chi connectivity index (χ0v) is 10.9. The van der Waals surface area contributed by atoms with Crippen LogP contribution in [-0.2, 0) is 0 Å². The molecule has 2 aromatic carbocycles. The smallest absolute Gasteiger partial charge is 0.0993 e. The van der Waals surface area contributed by atoms with Crippen molar-refractivity contribution in [2.24, 2.45) is 0 Å². The second-order valence-electron chi connectivity index (χ2n) is 5.09. The summed E-state index contributed by atoms with van der Waals surface area (Å²) in [6.07, 6.45) is 1.78. The molecule has 19 heavy (non-hydrogen) atoms. The number of anilines is 1. The summed E-state index contributed by atoms with van der Waals surface area (Å²) in [5, 5.41) is 10.6. The number of hydrogen-bond donors (Lipinski definition) is 1. The fraction of sp³-hybridized carbons (Fsp3) is 0.294. The molecule has 1 N–H and O–H groups in total. The van der Waals surface area contributed by atoms with Crippen LogP contribution in [0.3, 0.4) is 0 Å². The first-order valence-electron chi connectivity index (χ1n) is 6.91. The van der Waals surface area contributed by atoms with Gasteiger partial charge in [0.05, 0.1) is 12.1 Å². The van der Waals surface area contributed by atoms with E-state index < -0.39 is 6.10 Å². The molecule has 1 fully saturated rings. The minimum Gasteiger partial charge on any atom is -0.386 e. The molecule has 0 radical (unpaired) electrons. The predicted molar refractivity (Wildman–Crippen MR) is 78.2 cm³/mol. The van der Waals surface area contributed by atoms with Gasteiger partial charge in [-0.15, -0.1) is 0 Å². The van der Waals surface area contributed by atoms with Gasteiger partial charge in [0, 0.05) is 12.2 Å². The molecule has 1 heterocycles. The first-order valence-corrected chi connectivity index (χ1v) is 6.91. The maximum absolute atomic E-state index is 10.6. The topological polar surface area (TPSA) is 23.5 Å². The summed E-state index contributed by atoms with van der Waals surface area (Å²) >= 11 is 0. The average Bonchev–Trinajstić information content (AvgIpc) is 2.98. The van der Waals surface area contributed by atoms with Gasteiger partial charge in [-0.2, -0.15) is 0 Å². The third-order valence-corrected chi connectivity index (χ3v) is 3.89. The molecule has 3 rings (SSSR count). The van der Waals surface area contributed by atoms with Crippen molar-refractivity contribution in [3.05, 3.63) is 66.2 Å². The quantitative estimate of drug-likeness (QED) is 0.906. The van der Waals surface area contributed by atoms with Gasteiger partial charge >= 0.3 is 0 Å². The van der Waals surface area contributed by atoms with Crippen molar-refractivity contribution in [2.45, 2.75) is 25.0 Å². The van der Waals surface area contributed by atoms with E-state index in [2.05, 4.69) is 29.2 Å². The molecule has 1 aliphatic rings. The Labute approximate surface area is 114 Å². The van der Waals surface area contributed by atoms with Gasteiger partial charge in [-0.05, 0) is 30.5 Å². The van der Waals surface area contributed by atoms with Crippen molar-refractivity contribution in [1.29, 1.82) is 0 Å². The van der Waals surface area contributed by atoms with Gasteiger partial charge in [0.2, 0.25) is 0 Å². The maximum atomic E-state index is 10.6. The third-order valence-electron chi connectivity index (χ3n) is 3.89. The largest absolute Gasteiger partial charge is 0.386 e. The molecular weight excluding hydrogens is 234 g/mol. The zero-order valence-electron chi connectivity index (χ0n) is 10.9. The van der Waals surface area contributed by atoms with Gasteiger partial charge in [-0.25, -0.2) is 0 Å². The number of rotatable bonds is 3. The van der Waals surface area contributed by atoms with Crippen LogP contribution in [0, 0.1) is 0 Å². The van der Waals surface area contributed by atoms with Crippen LogP contribution in [0.15, 0.2) is 60.7 Å². The van der Waals surface area contributed by atoms with Gasteiger partial charge in [-0.1, -0.05) is 48.5 Å². The van der Waals surface area contributed by atoms with Gasteiger partial charge in [0.25, 0.3) is 0 Å². The molecule has 0 aliphatic carbocycles. The molecule has 2 unspecified atom stereocenters. The van der Waals surface area contributed by atoms with Gasteiger partial charge < -0.3 is 10.0 Å². The zero-order chi connectivity index (χ0) is 13.1. The lowest BCUT2D eigenvalue weighted by atomic mass is 10.00. The fourth-order valence-electron chi connectivity index (χ4n) is 2.93. The molecule has 2 nitrogen and oxygen atoms in total. The highest BCUT2D eigenvalue weighted by atomic mass is 16.3. The molecule has 0 bridgehead atoms. The number of hydrogen-bond acceptors (Lipinski definition) is 2. The molecule has 0 spiro atoms. The van der Waals surface area contributed by atoms with Crippen molar-refractivity contribution in [2.75, 3.05) is 11.4 Å². The molecule has 2 heteroatoms. The molecule has 2 atom stereocenters. The second kappa shape index (κ2) is 5.45. The van der Waals surface area contributed by atoms with Crippen LogP contribution >= 0.6 is 0 Å². The lowest BCUT2D eigenvalue weighted by Crippen LogP contribution is -2.34. The lowest BCUT2D eigenvalue weighted by Gasteiger charge is -2.30. The van der Waals surface area contributed by atoms with Crippen molar-refractivity contribution < 1.29 is 5.11 Å². The Morgan fingerprint density at radius 3 is 2.26 bits per heavy atom. The first kappa shape index (κ1) is 12.2. The van der Waals surface area contributed by atoms with E-state index in [9.17, 15) is 5.11 Å². The van der Waals surface area contributed by atoms with Gasteiger partial charge in [0.15, 0.2) is 0 Å². The van der Waals surface area contributed by atoms with E-state index in [1.54, 1.807) is 0 Å². The first-order chi connectivity index (χ1) is 9.36. The number of aliphatic hydroxyl groups is 1. The number of benzene rings is 2. The molecule has 0 amide bonds. The summed E-state index contributed by atoms with van der Waals surface area (Å²) in [6.45, 7) is 1.03. The van der Waals surface area contributed by atoms with Crippen molar-refractivity contribution in [3.8, 4) is 0 Å². The van der Waals surface area contributed by atoms with Gasteiger partial charge in [0.1, 0.15) is 0 Å². The van der Waals surface area contributed by atoms with Crippen LogP contribution in [0.25, 0.3) is 0 Å². The summed E-state index contributed by atoms with van der Waals surface area (Å²) < 4.78 is 0. The van der Waals surface area contributed by atoms with Crippen LogP contribution in [0.1, 0.15) is 24.5 Å². The van der Waals surface area contributed by atoms with Crippen LogP contribution in [0.4, 0.5) is 5.69 Å². The average molecular weight is 253 g/mol. The van der Waals surface area contributed by atoms with Crippen LogP contribution in [0.2, 0.25) is 0 Å². The Kier molecular flexibility index (Phi) is 3.51. The minimum absolute atomic E-state index is 0.185. The monoisotopic (exact) mass is 253 g/mol. The summed E-state index contributed by atoms with van der Waals surface area (Å²) in [7, 11) is 0. The van der Waals surface area contributed by atoms with E-state index in [0.29, 0.717) is 0 Å². The standard InChI is InChI=1S/C17H19NO/c19-17(14-8-3-1-4-9-14)16-12-7-13-18(16)15-10-5-2-6-11-15/h1-6,8-11,16-17,19H,7,12-13H2. The fourth-order valence-corrected chi connectivity index (χ4v) is 2.93. The van der Waals surface area contributed by atoms with Crippen LogP contribution < -0.4 is 4.90 Å². The Bertz CT molecular complexity index is 511. The van der Waals surface area contributed by atoms with Crippen molar-refractivity contribution >= 4 is 5.69 Å². The summed E-state index contributed by atoms with van der Waals surface area (Å²) in [4.78, 5) is 2.33. The Balaban J connectivity index is 1.84. The molecule has 1 saturated heterocycles. The highest BCUT2D eigenvalue weighted by molar-refractivity contribution is 5.48. The maximum Gasteiger partial charge on any atom is 0.0993 e. The van der Waals surface area contributed by atoms with E-state index in [4.69, 9.17) is 0 Å². The molecular formula is C17H19NO. The molecule has 0 saturated carbocycles. The van der Waals surface area contributed by atoms with E-state index in [1.807, 2.05) is 36.4 Å². The Morgan fingerprint density at radius 2 is 1.58 bits per heavy atom. The highest BCUT2D eigenvalue weighted by Gasteiger charge is 2.31. The molecule has 98 valence electrons. The van der Waals surface area contributed by atoms with Crippen molar-refractivity contribution in [3.63, 3.8) is 0 Å². The van der Waals surface area contributed by atoms with Crippen LogP contribution in [0.5, 0.6) is 0 Å². The van der Waals surface area contributed by atoms with Crippen molar-refractivity contribution in [1.82, 2.24) is 0 Å². The lowest BCUT2D eigenvalue weighted by molar-refractivity contribution is 0.147. The number of nitrogens with zero attached hydrogens (tertiary/aromatic N) is 1. The number of aliphatic hydroxyl groups excluding tert-OH is 1. The van der Waals surface area contributed by atoms with E-state index in [0.717, 1.165) is 24.9 Å². The Hall–Kier alpha value is -1.80. The minimum atomic E-state index is -0.413. The molecule has 2 aromatic rings. The SMILES string of the molecule is OC(c1ccccc1)C1CCCN1c1ccccc1. The van der Waals surface area contributed by atoms with E-state index in [1.165, 1.54) is 5.69 Å².